The van der Waals surface area contributed by atoms with Gasteiger partial charge in [-0.1, -0.05) is 111 Å². The molecule has 4 nitrogen and oxygen atoms in total. The van der Waals surface area contributed by atoms with Crippen LogP contribution in [0, 0.1) is 11.3 Å². The predicted molar refractivity (Wildman–Crippen MR) is 261 cm³/mol. The maximum atomic E-state index is 10.3. The van der Waals surface area contributed by atoms with Crippen molar-refractivity contribution in [1.29, 1.82) is 5.26 Å². The molecular formula is C57H52N4. The molecule has 0 amide bonds. The molecule has 0 aliphatic rings. The second-order valence-corrected chi connectivity index (χ2v) is 20.1. The van der Waals surface area contributed by atoms with Crippen molar-refractivity contribution in [2.24, 2.45) is 0 Å². The van der Waals surface area contributed by atoms with E-state index in [9.17, 15) is 5.26 Å². The van der Waals surface area contributed by atoms with E-state index in [1.807, 2.05) is 0 Å². The summed E-state index contributed by atoms with van der Waals surface area (Å²) in [6.45, 7) is 20.3. The van der Waals surface area contributed by atoms with Crippen LogP contribution in [0.3, 0.4) is 0 Å². The molecule has 8 aromatic carbocycles. The molecule has 10 aromatic rings. The second kappa shape index (κ2) is 13.6. The summed E-state index contributed by atoms with van der Waals surface area (Å²) in [6.07, 6.45) is 0. The summed E-state index contributed by atoms with van der Waals surface area (Å²) in [5.74, 6) is 0. The van der Waals surface area contributed by atoms with E-state index in [0.717, 1.165) is 82.7 Å². The van der Waals surface area contributed by atoms with E-state index in [0.29, 0.717) is 5.56 Å². The van der Waals surface area contributed by atoms with Gasteiger partial charge in [0.2, 0.25) is 0 Å². The minimum atomic E-state index is 0.0606. The molecular weight excluding hydrogens is 741 g/mol. The number of benzene rings is 8. The minimum Gasteiger partial charge on any atom is -0.356 e. The second-order valence-electron chi connectivity index (χ2n) is 20.1. The predicted octanol–water partition coefficient (Wildman–Crippen LogP) is 16.1. The van der Waals surface area contributed by atoms with E-state index in [-0.39, 0.29) is 16.2 Å². The standard InChI is InChI=1S/C57H52N4/c1-55(2,3)40-12-19-43(20-13-40)59-44-18-10-36-30-48-50-26-35(34-58)27-51-49-31-37-11-21-47(29-39(37)33-53(49)61(54(50)51)52(48)32-38(36)28-44)60(45-22-14-41(15-23-45)56(4,5)6)46-24-16-42(17-25-46)57(7,8)9/h10-33,59H,1-9H3. The first kappa shape index (κ1) is 38.4. The molecule has 4 heteroatoms. The van der Waals surface area contributed by atoms with Crippen molar-refractivity contribution in [3.63, 3.8) is 0 Å². The highest BCUT2D eigenvalue weighted by molar-refractivity contribution is 6.26. The molecule has 0 unspecified atom stereocenters. The van der Waals surface area contributed by atoms with E-state index >= 15 is 0 Å². The molecule has 0 saturated carbocycles. The molecule has 0 aliphatic carbocycles. The van der Waals surface area contributed by atoms with Gasteiger partial charge in [-0.3, -0.25) is 0 Å². The number of nitrogens with one attached hydrogen (secondary N) is 1. The zero-order valence-electron chi connectivity index (χ0n) is 36.7. The number of nitriles is 1. The number of aromatic nitrogens is 1. The number of anilines is 5. The molecule has 0 spiro atoms. The number of hydrogen-bond donors (Lipinski definition) is 1. The topological polar surface area (TPSA) is 43.5 Å². The lowest BCUT2D eigenvalue weighted by molar-refractivity contribution is 0.590. The normalized spacial score (nSPS) is 12.7. The van der Waals surface area contributed by atoms with Gasteiger partial charge in [0, 0.05) is 50.0 Å². The molecule has 0 radical (unpaired) electrons. The van der Waals surface area contributed by atoms with Crippen LogP contribution in [0.1, 0.15) is 84.6 Å². The third-order valence-corrected chi connectivity index (χ3v) is 12.7. The third-order valence-electron chi connectivity index (χ3n) is 12.7. The first-order valence-corrected chi connectivity index (χ1v) is 21.5. The van der Waals surface area contributed by atoms with Crippen molar-refractivity contribution in [2.45, 2.75) is 78.6 Å². The molecule has 300 valence electrons. The van der Waals surface area contributed by atoms with Crippen molar-refractivity contribution in [1.82, 2.24) is 4.40 Å². The molecule has 10 rings (SSSR count). The monoisotopic (exact) mass is 792 g/mol. The third kappa shape index (κ3) is 6.61. The quantitative estimate of drug-likeness (QED) is 0.189. The van der Waals surface area contributed by atoms with Crippen LogP contribution in [0.25, 0.3) is 59.6 Å². The fourth-order valence-corrected chi connectivity index (χ4v) is 9.19. The Labute approximate surface area is 359 Å². The lowest BCUT2D eigenvalue weighted by Crippen LogP contribution is -2.14. The number of hydrogen-bond acceptors (Lipinski definition) is 3. The van der Waals surface area contributed by atoms with Crippen molar-refractivity contribution in [2.75, 3.05) is 10.2 Å². The Morgan fingerprint density at radius 1 is 0.426 bits per heavy atom. The summed E-state index contributed by atoms with van der Waals surface area (Å²) in [6, 6.07) is 56.2. The van der Waals surface area contributed by atoms with Crippen molar-refractivity contribution >= 4 is 88.1 Å². The smallest absolute Gasteiger partial charge is 0.0992 e. The molecule has 0 aliphatic heterocycles. The van der Waals surface area contributed by atoms with Crippen LogP contribution in [0.4, 0.5) is 28.4 Å². The first-order valence-electron chi connectivity index (χ1n) is 21.5. The Hall–Kier alpha value is -6.83. The SMILES string of the molecule is CC(C)(C)c1ccc(Nc2ccc3cc4c5cc(C#N)cc6c7cc8ccc(N(c9ccc(C(C)(C)C)cc9)c9ccc(C(C)(C)C)cc9)cc8cc7n(c4cc3c2)c56)cc1. The van der Waals surface area contributed by atoms with Crippen LogP contribution in [0.2, 0.25) is 0 Å². The minimum absolute atomic E-state index is 0.0606. The Kier molecular flexibility index (Phi) is 8.55. The van der Waals surface area contributed by atoms with E-state index in [4.69, 9.17) is 0 Å². The number of nitrogens with zero attached hydrogens (tertiary/aromatic N) is 3. The van der Waals surface area contributed by atoms with Crippen LogP contribution >= 0.6 is 0 Å². The zero-order chi connectivity index (χ0) is 42.6. The first-order chi connectivity index (χ1) is 29.0. The lowest BCUT2D eigenvalue weighted by atomic mass is 9.86. The maximum Gasteiger partial charge on any atom is 0.0992 e. The summed E-state index contributed by atoms with van der Waals surface area (Å²) in [5.41, 5.74) is 13.7. The number of rotatable bonds is 5. The highest BCUT2D eigenvalue weighted by atomic mass is 15.1. The van der Waals surface area contributed by atoms with Gasteiger partial charge in [0.25, 0.3) is 0 Å². The van der Waals surface area contributed by atoms with Crippen molar-refractivity contribution in [3.8, 4) is 6.07 Å². The summed E-state index contributed by atoms with van der Waals surface area (Å²) in [7, 11) is 0. The Morgan fingerprint density at radius 3 is 1.33 bits per heavy atom. The largest absolute Gasteiger partial charge is 0.356 e. The van der Waals surface area contributed by atoms with E-state index in [1.54, 1.807) is 0 Å². The van der Waals surface area contributed by atoms with Crippen molar-refractivity contribution < 1.29 is 0 Å². The van der Waals surface area contributed by atoms with Crippen molar-refractivity contribution in [3.05, 3.63) is 168 Å². The number of fused-ring (bicyclic) bond motifs is 8. The Bertz CT molecular complexity index is 3300. The summed E-state index contributed by atoms with van der Waals surface area (Å²) >= 11 is 0. The van der Waals surface area contributed by atoms with Crippen LogP contribution in [0.15, 0.2) is 146 Å². The van der Waals surface area contributed by atoms with Gasteiger partial charge < -0.3 is 14.6 Å². The summed E-state index contributed by atoms with van der Waals surface area (Å²) in [4.78, 5) is 2.37. The van der Waals surface area contributed by atoms with Crippen LogP contribution < -0.4 is 10.2 Å². The van der Waals surface area contributed by atoms with Gasteiger partial charge in [0.1, 0.15) is 0 Å². The summed E-state index contributed by atoms with van der Waals surface area (Å²) in [5, 5.41) is 23.1. The molecule has 61 heavy (non-hydrogen) atoms. The van der Waals surface area contributed by atoms with Gasteiger partial charge in [0.05, 0.1) is 28.2 Å². The molecule has 1 N–H and O–H groups in total. The molecule has 2 aromatic heterocycles. The van der Waals surface area contributed by atoms with E-state index < -0.39 is 0 Å². The molecule has 0 fully saturated rings. The van der Waals surface area contributed by atoms with Gasteiger partial charge in [-0.05, 0) is 152 Å². The van der Waals surface area contributed by atoms with Gasteiger partial charge in [-0.25, -0.2) is 0 Å². The van der Waals surface area contributed by atoms with Gasteiger partial charge >= 0.3 is 0 Å². The molecule has 2 heterocycles. The highest BCUT2D eigenvalue weighted by Gasteiger charge is 2.22. The average Bonchev–Trinajstić information content (AvgIpc) is 3.72. The molecule has 0 saturated heterocycles. The average molecular weight is 793 g/mol. The van der Waals surface area contributed by atoms with Crippen LogP contribution in [-0.4, -0.2) is 4.40 Å². The fourth-order valence-electron chi connectivity index (χ4n) is 9.19. The van der Waals surface area contributed by atoms with Gasteiger partial charge in [-0.15, -0.1) is 0 Å². The van der Waals surface area contributed by atoms with Gasteiger partial charge in [0.15, 0.2) is 0 Å². The zero-order valence-corrected chi connectivity index (χ0v) is 36.7. The highest BCUT2D eigenvalue weighted by Crippen LogP contribution is 2.44. The van der Waals surface area contributed by atoms with E-state index in [2.05, 4.69) is 229 Å². The Morgan fingerprint density at radius 2 is 0.852 bits per heavy atom. The van der Waals surface area contributed by atoms with Crippen LogP contribution in [0.5, 0.6) is 0 Å². The molecule has 0 atom stereocenters. The molecule has 0 bridgehead atoms. The van der Waals surface area contributed by atoms with Crippen LogP contribution in [-0.2, 0) is 16.2 Å². The lowest BCUT2D eigenvalue weighted by Gasteiger charge is -2.28. The maximum absolute atomic E-state index is 10.3. The Balaban J connectivity index is 1.14. The van der Waals surface area contributed by atoms with Gasteiger partial charge in [-0.2, -0.15) is 5.26 Å². The summed E-state index contributed by atoms with van der Waals surface area (Å²) < 4.78 is 2.43. The van der Waals surface area contributed by atoms with E-state index in [1.165, 1.54) is 22.1 Å². The fraction of sp³-hybridized carbons (Fsp3) is 0.211.